The number of rotatable bonds is 4. The van der Waals surface area contributed by atoms with Crippen molar-refractivity contribution < 1.29 is 4.74 Å². The van der Waals surface area contributed by atoms with Gasteiger partial charge in [0.1, 0.15) is 11.5 Å². The molecule has 1 N–H and O–H groups in total. The third-order valence-corrected chi connectivity index (χ3v) is 4.44. The van der Waals surface area contributed by atoms with Crippen LogP contribution in [-0.2, 0) is 19.4 Å². The fraction of sp³-hybridized carbons (Fsp3) is 0.294. The fourth-order valence-corrected chi connectivity index (χ4v) is 3.17. The standard InChI is InChI=1S/C17H18BrNO/c1-19-11-14-6-8-16(10-17(14)18)20-15-7-5-12-3-2-4-13(12)9-15/h5-10,19H,2-4,11H2,1H3. The second kappa shape index (κ2) is 5.98. The summed E-state index contributed by atoms with van der Waals surface area (Å²) in [5.74, 6) is 1.80. The monoisotopic (exact) mass is 331 g/mol. The molecule has 1 aliphatic rings. The Labute approximate surface area is 128 Å². The number of hydrogen-bond acceptors (Lipinski definition) is 2. The van der Waals surface area contributed by atoms with Gasteiger partial charge in [0, 0.05) is 11.0 Å². The predicted octanol–water partition coefficient (Wildman–Crippen LogP) is 4.45. The molecular formula is C17H18BrNO. The molecule has 1 aliphatic carbocycles. The molecule has 2 nitrogen and oxygen atoms in total. The van der Waals surface area contributed by atoms with Gasteiger partial charge in [-0.1, -0.05) is 28.1 Å². The highest BCUT2D eigenvalue weighted by Gasteiger charge is 2.11. The number of nitrogens with one attached hydrogen (secondary N) is 1. The first-order valence-corrected chi connectivity index (χ1v) is 7.78. The van der Waals surface area contributed by atoms with Crippen molar-refractivity contribution in [3.8, 4) is 11.5 Å². The van der Waals surface area contributed by atoms with E-state index >= 15 is 0 Å². The highest BCUT2D eigenvalue weighted by atomic mass is 79.9. The van der Waals surface area contributed by atoms with Crippen LogP contribution >= 0.6 is 15.9 Å². The van der Waals surface area contributed by atoms with Crippen molar-refractivity contribution in [2.45, 2.75) is 25.8 Å². The van der Waals surface area contributed by atoms with Gasteiger partial charge in [-0.15, -0.1) is 0 Å². The first kappa shape index (κ1) is 13.7. The Morgan fingerprint density at radius 2 is 1.80 bits per heavy atom. The van der Waals surface area contributed by atoms with Crippen molar-refractivity contribution in [3.05, 3.63) is 57.6 Å². The molecule has 0 amide bonds. The van der Waals surface area contributed by atoms with Crippen molar-refractivity contribution in [3.63, 3.8) is 0 Å². The molecule has 0 aliphatic heterocycles. The molecule has 0 heterocycles. The van der Waals surface area contributed by atoms with Crippen LogP contribution in [0.2, 0.25) is 0 Å². The minimum absolute atomic E-state index is 0.847. The van der Waals surface area contributed by atoms with E-state index < -0.39 is 0 Å². The molecule has 0 saturated carbocycles. The lowest BCUT2D eigenvalue weighted by atomic mass is 10.1. The van der Waals surface area contributed by atoms with Gasteiger partial charge in [-0.05, 0) is 67.3 Å². The third kappa shape index (κ3) is 2.89. The number of ether oxygens (including phenoxy) is 1. The maximum Gasteiger partial charge on any atom is 0.128 e. The summed E-state index contributed by atoms with van der Waals surface area (Å²) < 4.78 is 7.04. The summed E-state index contributed by atoms with van der Waals surface area (Å²) in [5.41, 5.74) is 4.14. The zero-order valence-electron chi connectivity index (χ0n) is 11.6. The summed E-state index contributed by atoms with van der Waals surface area (Å²) in [7, 11) is 1.95. The number of benzene rings is 2. The minimum atomic E-state index is 0.847. The van der Waals surface area contributed by atoms with Crippen molar-refractivity contribution >= 4 is 15.9 Å². The van der Waals surface area contributed by atoms with E-state index in [2.05, 4.69) is 45.5 Å². The summed E-state index contributed by atoms with van der Waals surface area (Å²) in [6.45, 7) is 0.847. The van der Waals surface area contributed by atoms with E-state index in [0.717, 1.165) is 22.5 Å². The Hall–Kier alpha value is -1.32. The average Bonchev–Trinajstić information content (AvgIpc) is 2.89. The Balaban J connectivity index is 1.79. The number of hydrogen-bond donors (Lipinski definition) is 1. The molecule has 2 aromatic carbocycles. The van der Waals surface area contributed by atoms with Gasteiger partial charge in [-0.25, -0.2) is 0 Å². The van der Waals surface area contributed by atoms with Crippen molar-refractivity contribution in [1.82, 2.24) is 5.32 Å². The van der Waals surface area contributed by atoms with E-state index in [-0.39, 0.29) is 0 Å². The van der Waals surface area contributed by atoms with E-state index in [9.17, 15) is 0 Å². The van der Waals surface area contributed by atoms with Gasteiger partial charge in [0.15, 0.2) is 0 Å². The van der Waals surface area contributed by atoms with Crippen LogP contribution in [0.1, 0.15) is 23.1 Å². The molecule has 3 rings (SSSR count). The molecule has 20 heavy (non-hydrogen) atoms. The van der Waals surface area contributed by atoms with Crippen LogP contribution in [0.5, 0.6) is 11.5 Å². The van der Waals surface area contributed by atoms with Crippen molar-refractivity contribution in [2.75, 3.05) is 7.05 Å². The van der Waals surface area contributed by atoms with E-state index in [1.54, 1.807) is 0 Å². The maximum atomic E-state index is 5.97. The molecule has 0 unspecified atom stereocenters. The summed E-state index contributed by atoms with van der Waals surface area (Å²) in [6.07, 6.45) is 3.65. The lowest BCUT2D eigenvalue weighted by Crippen LogP contribution is -2.05. The number of fused-ring (bicyclic) bond motifs is 1. The second-order valence-corrected chi connectivity index (χ2v) is 6.02. The highest BCUT2D eigenvalue weighted by Crippen LogP contribution is 2.30. The van der Waals surface area contributed by atoms with Crippen LogP contribution in [0.4, 0.5) is 0 Å². The fourth-order valence-electron chi connectivity index (χ4n) is 2.67. The van der Waals surface area contributed by atoms with E-state index in [4.69, 9.17) is 4.74 Å². The first-order chi connectivity index (χ1) is 9.76. The summed E-state index contributed by atoms with van der Waals surface area (Å²) in [5, 5.41) is 3.15. The molecule has 2 aromatic rings. The Morgan fingerprint density at radius 3 is 2.60 bits per heavy atom. The van der Waals surface area contributed by atoms with Crippen LogP contribution < -0.4 is 10.1 Å². The zero-order valence-corrected chi connectivity index (χ0v) is 13.2. The number of aryl methyl sites for hydroxylation is 2. The molecule has 0 bridgehead atoms. The van der Waals surface area contributed by atoms with Crippen LogP contribution in [0.15, 0.2) is 40.9 Å². The van der Waals surface area contributed by atoms with Crippen molar-refractivity contribution in [1.29, 1.82) is 0 Å². The van der Waals surface area contributed by atoms with Crippen LogP contribution in [-0.4, -0.2) is 7.05 Å². The lowest BCUT2D eigenvalue weighted by molar-refractivity contribution is 0.481. The molecule has 0 saturated heterocycles. The minimum Gasteiger partial charge on any atom is -0.457 e. The molecule has 0 fully saturated rings. The maximum absolute atomic E-state index is 5.97. The van der Waals surface area contributed by atoms with E-state index in [1.807, 2.05) is 19.2 Å². The molecule has 0 radical (unpaired) electrons. The van der Waals surface area contributed by atoms with Gasteiger partial charge in [-0.2, -0.15) is 0 Å². The third-order valence-electron chi connectivity index (χ3n) is 3.70. The van der Waals surface area contributed by atoms with Gasteiger partial charge in [-0.3, -0.25) is 0 Å². The van der Waals surface area contributed by atoms with Gasteiger partial charge >= 0.3 is 0 Å². The Kier molecular flexibility index (Phi) is 4.08. The first-order valence-electron chi connectivity index (χ1n) is 6.99. The van der Waals surface area contributed by atoms with E-state index in [0.29, 0.717) is 0 Å². The van der Waals surface area contributed by atoms with Crippen molar-refractivity contribution in [2.24, 2.45) is 0 Å². The predicted molar refractivity (Wildman–Crippen MR) is 85.4 cm³/mol. The van der Waals surface area contributed by atoms with Gasteiger partial charge < -0.3 is 10.1 Å². The zero-order chi connectivity index (χ0) is 13.9. The van der Waals surface area contributed by atoms with Crippen LogP contribution in [0.3, 0.4) is 0 Å². The molecule has 3 heteroatoms. The van der Waals surface area contributed by atoms with Gasteiger partial charge in [0.25, 0.3) is 0 Å². The summed E-state index contributed by atoms with van der Waals surface area (Å²) >= 11 is 3.59. The van der Waals surface area contributed by atoms with E-state index in [1.165, 1.54) is 36.0 Å². The lowest BCUT2D eigenvalue weighted by Gasteiger charge is -2.10. The molecule has 0 aromatic heterocycles. The molecule has 0 atom stereocenters. The normalized spacial score (nSPS) is 13.3. The average molecular weight is 332 g/mol. The largest absolute Gasteiger partial charge is 0.457 e. The topological polar surface area (TPSA) is 21.3 Å². The van der Waals surface area contributed by atoms with Crippen LogP contribution in [0, 0.1) is 0 Å². The highest BCUT2D eigenvalue weighted by molar-refractivity contribution is 9.10. The number of halogens is 1. The Bertz CT molecular complexity index is 624. The molecule has 0 spiro atoms. The Morgan fingerprint density at radius 1 is 1.05 bits per heavy atom. The molecule has 104 valence electrons. The van der Waals surface area contributed by atoms with Gasteiger partial charge in [0.05, 0.1) is 0 Å². The van der Waals surface area contributed by atoms with Gasteiger partial charge in [0.2, 0.25) is 0 Å². The van der Waals surface area contributed by atoms with Crippen LogP contribution in [0.25, 0.3) is 0 Å². The SMILES string of the molecule is CNCc1ccc(Oc2ccc3c(c2)CCC3)cc1Br. The smallest absolute Gasteiger partial charge is 0.128 e. The summed E-state index contributed by atoms with van der Waals surface area (Å²) in [4.78, 5) is 0. The second-order valence-electron chi connectivity index (χ2n) is 5.17. The summed E-state index contributed by atoms with van der Waals surface area (Å²) in [6, 6.07) is 12.6. The molecular weight excluding hydrogens is 314 g/mol. The quantitative estimate of drug-likeness (QED) is 0.893.